The zero-order valence-electron chi connectivity index (χ0n) is 6.89. The van der Waals surface area contributed by atoms with E-state index in [9.17, 15) is 0 Å². The first-order valence-electron chi connectivity index (χ1n) is 4.12. The highest BCUT2D eigenvalue weighted by Crippen LogP contribution is 2.15. The summed E-state index contributed by atoms with van der Waals surface area (Å²) in [6, 6.07) is 0. The molecule has 1 heterocycles. The quantitative estimate of drug-likeness (QED) is 0.535. The molecule has 0 aromatic heterocycles. The average Bonchev–Trinajstić information content (AvgIpc) is 2.40. The Balaban J connectivity index is 2.34. The van der Waals surface area contributed by atoms with Crippen LogP contribution < -0.4 is 0 Å². The fourth-order valence-corrected chi connectivity index (χ4v) is 1.17. The van der Waals surface area contributed by atoms with E-state index >= 15 is 0 Å². The first kappa shape index (κ1) is 7.80. The zero-order chi connectivity index (χ0) is 7.40. The van der Waals surface area contributed by atoms with Gasteiger partial charge in [-0.05, 0) is 26.2 Å². The molecule has 1 nitrogen and oxygen atoms in total. The van der Waals surface area contributed by atoms with E-state index in [2.05, 4.69) is 19.9 Å². The van der Waals surface area contributed by atoms with Crippen LogP contribution >= 0.6 is 0 Å². The minimum absolute atomic E-state index is 0.431. The van der Waals surface area contributed by atoms with Crippen molar-refractivity contribution in [3.63, 3.8) is 0 Å². The SMILES string of the molecule is CC/C(C)=C/[C@@H]1CCCO1. The summed E-state index contributed by atoms with van der Waals surface area (Å²) < 4.78 is 5.45. The van der Waals surface area contributed by atoms with Crippen LogP contribution in [-0.4, -0.2) is 12.7 Å². The molecule has 1 heteroatoms. The highest BCUT2D eigenvalue weighted by atomic mass is 16.5. The van der Waals surface area contributed by atoms with Crippen molar-refractivity contribution in [2.45, 2.75) is 39.2 Å². The Kier molecular flexibility index (Phi) is 2.94. The lowest BCUT2D eigenvalue weighted by atomic mass is 10.1. The molecule has 10 heavy (non-hydrogen) atoms. The zero-order valence-corrected chi connectivity index (χ0v) is 6.89. The molecule has 1 aliphatic rings. The summed E-state index contributed by atoms with van der Waals surface area (Å²) in [4.78, 5) is 0. The minimum atomic E-state index is 0.431. The lowest BCUT2D eigenvalue weighted by Gasteiger charge is -2.03. The Hall–Kier alpha value is -0.300. The van der Waals surface area contributed by atoms with Crippen molar-refractivity contribution >= 4 is 0 Å². The molecule has 0 bridgehead atoms. The maximum Gasteiger partial charge on any atom is 0.0759 e. The van der Waals surface area contributed by atoms with E-state index in [0.29, 0.717) is 6.10 Å². The number of allylic oxidation sites excluding steroid dienone is 1. The molecule has 0 amide bonds. The topological polar surface area (TPSA) is 9.23 Å². The lowest BCUT2D eigenvalue weighted by molar-refractivity contribution is 0.145. The third kappa shape index (κ3) is 2.14. The van der Waals surface area contributed by atoms with E-state index in [1.54, 1.807) is 0 Å². The van der Waals surface area contributed by atoms with Gasteiger partial charge in [0.25, 0.3) is 0 Å². The van der Waals surface area contributed by atoms with Crippen molar-refractivity contribution in [2.24, 2.45) is 0 Å². The first-order chi connectivity index (χ1) is 4.83. The Morgan fingerprint density at radius 3 is 3.00 bits per heavy atom. The summed E-state index contributed by atoms with van der Waals surface area (Å²) in [7, 11) is 0. The van der Waals surface area contributed by atoms with Gasteiger partial charge in [-0.1, -0.05) is 18.6 Å². The van der Waals surface area contributed by atoms with Gasteiger partial charge >= 0.3 is 0 Å². The van der Waals surface area contributed by atoms with E-state index in [1.165, 1.54) is 18.4 Å². The maximum absolute atomic E-state index is 5.45. The molecule has 0 saturated carbocycles. The van der Waals surface area contributed by atoms with Crippen LogP contribution in [0.5, 0.6) is 0 Å². The highest BCUT2D eigenvalue weighted by Gasteiger charge is 2.11. The molecule has 0 aromatic carbocycles. The summed E-state index contributed by atoms with van der Waals surface area (Å²) >= 11 is 0. The van der Waals surface area contributed by atoms with Crippen LogP contribution in [0.2, 0.25) is 0 Å². The van der Waals surface area contributed by atoms with Crippen molar-refractivity contribution < 1.29 is 4.74 Å². The van der Waals surface area contributed by atoms with Gasteiger partial charge in [0.15, 0.2) is 0 Å². The van der Waals surface area contributed by atoms with E-state index in [-0.39, 0.29) is 0 Å². The van der Waals surface area contributed by atoms with E-state index in [4.69, 9.17) is 4.74 Å². The largest absolute Gasteiger partial charge is 0.374 e. The summed E-state index contributed by atoms with van der Waals surface area (Å²) in [5.41, 5.74) is 1.45. The van der Waals surface area contributed by atoms with Gasteiger partial charge in [0.2, 0.25) is 0 Å². The standard InChI is InChI=1S/C9H16O/c1-3-8(2)7-9-5-4-6-10-9/h7,9H,3-6H2,1-2H3/b8-7+/t9-/m0/s1. The summed E-state index contributed by atoms with van der Waals surface area (Å²) in [5.74, 6) is 0. The Labute approximate surface area is 63.1 Å². The van der Waals surface area contributed by atoms with Gasteiger partial charge in [0.05, 0.1) is 6.10 Å². The fraction of sp³-hybridized carbons (Fsp3) is 0.778. The summed E-state index contributed by atoms with van der Waals surface area (Å²) in [5, 5.41) is 0. The van der Waals surface area contributed by atoms with Crippen LogP contribution in [0.15, 0.2) is 11.6 Å². The van der Waals surface area contributed by atoms with Crippen LogP contribution in [0.3, 0.4) is 0 Å². The van der Waals surface area contributed by atoms with Gasteiger partial charge in [-0.25, -0.2) is 0 Å². The van der Waals surface area contributed by atoms with Crippen molar-refractivity contribution in [3.8, 4) is 0 Å². The third-order valence-electron chi connectivity index (χ3n) is 1.99. The molecule has 1 fully saturated rings. The van der Waals surface area contributed by atoms with Crippen LogP contribution in [0, 0.1) is 0 Å². The summed E-state index contributed by atoms with van der Waals surface area (Å²) in [6.07, 6.45) is 6.29. The molecule has 0 unspecified atom stereocenters. The van der Waals surface area contributed by atoms with E-state index in [0.717, 1.165) is 13.0 Å². The molecule has 1 rings (SSSR count). The van der Waals surface area contributed by atoms with Gasteiger partial charge in [-0.15, -0.1) is 0 Å². The summed E-state index contributed by atoms with van der Waals surface area (Å²) in [6.45, 7) is 5.31. The number of ether oxygens (including phenoxy) is 1. The second-order valence-electron chi connectivity index (χ2n) is 2.92. The van der Waals surface area contributed by atoms with Gasteiger partial charge in [-0.3, -0.25) is 0 Å². The predicted octanol–water partition coefficient (Wildman–Crippen LogP) is 2.52. The van der Waals surface area contributed by atoms with Crippen molar-refractivity contribution in [3.05, 3.63) is 11.6 Å². The van der Waals surface area contributed by atoms with Gasteiger partial charge in [0.1, 0.15) is 0 Å². The van der Waals surface area contributed by atoms with Gasteiger partial charge in [-0.2, -0.15) is 0 Å². The molecule has 0 aromatic rings. The van der Waals surface area contributed by atoms with Crippen LogP contribution in [0.4, 0.5) is 0 Å². The van der Waals surface area contributed by atoms with Crippen LogP contribution in [-0.2, 0) is 4.74 Å². The highest BCUT2D eigenvalue weighted by molar-refractivity contribution is 5.02. The normalized spacial score (nSPS) is 27.4. The Bertz CT molecular complexity index is 121. The number of rotatable bonds is 2. The Morgan fingerprint density at radius 2 is 2.50 bits per heavy atom. The molecule has 0 spiro atoms. The smallest absolute Gasteiger partial charge is 0.0759 e. The predicted molar refractivity (Wildman–Crippen MR) is 43.0 cm³/mol. The molecule has 0 radical (unpaired) electrons. The van der Waals surface area contributed by atoms with Crippen molar-refractivity contribution in [1.82, 2.24) is 0 Å². The molecule has 0 aliphatic carbocycles. The van der Waals surface area contributed by atoms with Crippen molar-refractivity contribution in [2.75, 3.05) is 6.61 Å². The fourth-order valence-electron chi connectivity index (χ4n) is 1.17. The molecule has 1 aliphatic heterocycles. The molecular formula is C9H16O. The maximum atomic E-state index is 5.45. The van der Waals surface area contributed by atoms with Gasteiger partial charge < -0.3 is 4.74 Å². The van der Waals surface area contributed by atoms with Crippen LogP contribution in [0.1, 0.15) is 33.1 Å². The van der Waals surface area contributed by atoms with Gasteiger partial charge in [0, 0.05) is 6.61 Å². The molecule has 0 N–H and O–H groups in total. The van der Waals surface area contributed by atoms with Crippen molar-refractivity contribution in [1.29, 1.82) is 0 Å². The Morgan fingerprint density at radius 1 is 1.70 bits per heavy atom. The monoisotopic (exact) mass is 140 g/mol. The van der Waals surface area contributed by atoms with E-state index < -0.39 is 0 Å². The first-order valence-corrected chi connectivity index (χ1v) is 4.12. The number of hydrogen-bond acceptors (Lipinski definition) is 1. The average molecular weight is 140 g/mol. The molecule has 1 atom stereocenters. The van der Waals surface area contributed by atoms with E-state index in [1.807, 2.05) is 0 Å². The van der Waals surface area contributed by atoms with Crippen LogP contribution in [0.25, 0.3) is 0 Å². The minimum Gasteiger partial charge on any atom is -0.374 e. The second kappa shape index (κ2) is 3.77. The third-order valence-corrected chi connectivity index (χ3v) is 1.99. The molecule has 1 saturated heterocycles. The lowest BCUT2D eigenvalue weighted by Crippen LogP contribution is -2.00. The molecule has 58 valence electrons. The number of hydrogen-bond donors (Lipinski definition) is 0. The second-order valence-corrected chi connectivity index (χ2v) is 2.92. The molecular weight excluding hydrogens is 124 g/mol.